The molecule has 0 N–H and O–H groups in total. The van der Waals surface area contributed by atoms with Gasteiger partial charge in [-0.25, -0.2) is 9.78 Å². The second kappa shape index (κ2) is 15.9. The average molecular weight is 365 g/mol. The maximum Gasteiger partial charge on any atom is 0.329 e. The van der Waals surface area contributed by atoms with Crippen molar-refractivity contribution >= 4 is 5.97 Å². The van der Waals surface area contributed by atoms with E-state index in [9.17, 15) is 4.79 Å². The molecule has 0 aromatic carbocycles. The van der Waals surface area contributed by atoms with E-state index >= 15 is 0 Å². The van der Waals surface area contributed by atoms with Gasteiger partial charge in [0, 0.05) is 19.5 Å². The first-order chi connectivity index (χ1) is 12.7. The average Bonchev–Trinajstić information content (AvgIpc) is 3.04. The van der Waals surface area contributed by atoms with Crippen LogP contribution in [-0.4, -0.2) is 15.7 Å². The number of carbonyl (C=O) groups excluding carboxylic acids is 1. The van der Waals surface area contributed by atoms with E-state index in [-0.39, 0.29) is 5.97 Å². The molecule has 0 atom stereocenters. The number of carbonyl (C=O) groups is 1. The Morgan fingerprint density at radius 1 is 0.846 bits per heavy atom. The molecule has 0 unspecified atom stereocenters. The lowest BCUT2D eigenvalue weighted by Crippen LogP contribution is -2.18. The molecule has 0 spiro atoms. The Labute approximate surface area is 160 Å². The second-order valence-electron chi connectivity index (χ2n) is 7.45. The van der Waals surface area contributed by atoms with E-state index in [4.69, 9.17) is 4.84 Å². The van der Waals surface area contributed by atoms with E-state index in [2.05, 4.69) is 11.9 Å². The van der Waals surface area contributed by atoms with Crippen molar-refractivity contribution in [2.24, 2.45) is 0 Å². The molecule has 4 heteroatoms. The quantitative estimate of drug-likeness (QED) is 0.306. The zero-order valence-electron chi connectivity index (χ0n) is 17.2. The minimum atomic E-state index is -0.305. The number of nitrogens with zero attached hydrogens (tertiary/aromatic N) is 2. The number of unbranched alkanes of at least 4 members (excludes halogenated alkanes) is 14. The molecule has 1 aromatic rings. The van der Waals surface area contributed by atoms with E-state index in [0.717, 1.165) is 18.7 Å². The van der Waals surface area contributed by atoms with Crippen molar-refractivity contribution in [2.45, 2.75) is 117 Å². The maximum absolute atomic E-state index is 11.0. The van der Waals surface area contributed by atoms with Crippen LogP contribution in [0.4, 0.5) is 0 Å². The van der Waals surface area contributed by atoms with Gasteiger partial charge in [0.05, 0.1) is 6.20 Å². The molecule has 1 aromatic heterocycles. The third-order valence-electron chi connectivity index (χ3n) is 4.91. The Bertz CT molecular complexity index is 457. The third kappa shape index (κ3) is 12.1. The van der Waals surface area contributed by atoms with Crippen molar-refractivity contribution in [2.75, 3.05) is 0 Å². The minimum absolute atomic E-state index is 0.305. The van der Waals surface area contributed by atoms with E-state index in [1.165, 1.54) is 102 Å². The number of aryl methyl sites for hydroxylation is 1. The normalized spacial score (nSPS) is 11.0. The molecule has 0 radical (unpaired) electrons. The zero-order chi connectivity index (χ0) is 18.9. The summed E-state index contributed by atoms with van der Waals surface area (Å²) in [7, 11) is 0. The number of aromatic nitrogens is 2. The second-order valence-corrected chi connectivity index (χ2v) is 7.45. The first-order valence-corrected chi connectivity index (χ1v) is 10.9. The van der Waals surface area contributed by atoms with Crippen molar-refractivity contribution in [3.8, 4) is 0 Å². The lowest BCUT2D eigenvalue weighted by Gasteiger charge is -2.06. The van der Waals surface area contributed by atoms with Crippen LogP contribution in [0.15, 0.2) is 12.4 Å². The summed E-state index contributed by atoms with van der Waals surface area (Å²) in [6.45, 7) is 3.69. The van der Waals surface area contributed by atoms with Crippen molar-refractivity contribution < 1.29 is 9.63 Å². The molecule has 0 fully saturated rings. The SMILES string of the molecule is CCCCCCCCCCCCCCCCCc1nccn1OC(C)=O. The van der Waals surface area contributed by atoms with Crippen molar-refractivity contribution in [3.63, 3.8) is 0 Å². The van der Waals surface area contributed by atoms with Crippen LogP contribution in [-0.2, 0) is 11.2 Å². The number of imidazole rings is 1. The van der Waals surface area contributed by atoms with Crippen LogP contribution in [0.1, 0.15) is 116 Å². The summed E-state index contributed by atoms with van der Waals surface area (Å²) in [6, 6.07) is 0. The monoisotopic (exact) mass is 364 g/mol. The highest BCUT2D eigenvalue weighted by atomic mass is 16.7. The zero-order valence-corrected chi connectivity index (χ0v) is 17.2. The summed E-state index contributed by atoms with van der Waals surface area (Å²) in [5, 5.41) is 0. The lowest BCUT2D eigenvalue weighted by atomic mass is 10.0. The fourth-order valence-corrected chi connectivity index (χ4v) is 3.37. The Hall–Kier alpha value is -1.32. The van der Waals surface area contributed by atoms with Crippen LogP contribution in [0.2, 0.25) is 0 Å². The van der Waals surface area contributed by atoms with Gasteiger partial charge in [0.2, 0.25) is 0 Å². The van der Waals surface area contributed by atoms with Crippen LogP contribution in [0.25, 0.3) is 0 Å². The summed E-state index contributed by atoms with van der Waals surface area (Å²) < 4.78 is 1.49. The molecule has 1 heterocycles. The van der Waals surface area contributed by atoms with Crippen LogP contribution >= 0.6 is 0 Å². The molecular formula is C22H40N2O2. The van der Waals surface area contributed by atoms with Crippen molar-refractivity contribution in [1.82, 2.24) is 9.71 Å². The highest BCUT2D eigenvalue weighted by Crippen LogP contribution is 2.14. The number of rotatable bonds is 17. The van der Waals surface area contributed by atoms with E-state index in [0.29, 0.717) is 0 Å². The summed E-state index contributed by atoms with van der Waals surface area (Å²) in [5.74, 6) is 0.538. The lowest BCUT2D eigenvalue weighted by molar-refractivity contribution is -0.141. The molecule has 0 aliphatic carbocycles. The molecule has 0 saturated heterocycles. The largest absolute Gasteiger partial charge is 0.336 e. The Kier molecular flexibility index (Phi) is 13.9. The smallest absolute Gasteiger partial charge is 0.329 e. The molecule has 0 aliphatic heterocycles. The van der Waals surface area contributed by atoms with Gasteiger partial charge < -0.3 is 4.84 Å². The van der Waals surface area contributed by atoms with Gasteiger partial charge in [0.15, 0.2) is 0 Å². The Balaban J connectivity index is 1.84. The maximum atomic E-state index is 11.0. The molecular weight excluding hydrogens is 324 g/mol. The Morgan fingerprint density at radius 3 is 1.77 bits per heavy atom. The van der Waals surface area contributed by atoms with Gasteiger partial charge in [0.1, 0.15) is 5.82 Å². The van der Waals surface area contributed by atoms with E-state index in [1.807, 2.05) is 0 Å². The third-order valence-corrected chi connectivity index (χ3v) is 4.91. The minimum Gasteiger partial charge on any atom is -0.336 e. The van der Waals surface area contributed by atoms with Crippen molar-refractivity contribution in [1.29, 1.82) is 0 Å². The molecule has 1 rings (SSSR count). The van der Waals surface area contributed by atoms with Gasteiger partial charge in [-0.05, 0) is 6.42 Å². The number of hydrogen-bond donors (Lipinski definition) is 0. The molecule has 0 saturated carbocycles. The summed E-state index contributed by atoms with van der Waals surface area (Å²) in [6.07, 6.45) is 24.8. The molecule has 4 nitrogen and oxygen atoms in total. The van der Waals surface area contributed by atoms with Gasteiger partial charge in [-0.3, -0.25) is 0 Å². The molecule has 150 valence electrons. The fourth-order valence-electron chi connectivity index (χ4n) is 3.37. The summed E-state index contributed by atoms with van der Waals surface area (Å²) in [5.41, 5.74) is 0. The van der Waals surface area contributed by atoms with Crippen molar-refractivity contribution in [3.05, 3.63) is 18.2 Å². The van der Waals surface area contributed by atoms with Gasteiger partial charge >= 0.3 is 5.97 Å². The Morgan fingerprint density at radius 2 is 1.31 bits per heavy atom. The van der Waals surface area contributed by atoms with Gasteiger partial charge in [0.25, 0.3) is 0 Å². The first kappa shape index (κ1) is 22.7. The first-order valence-electron chi connectivity index (χ1n) is 10.9. The van der Waals surface area contributed by atoms with Crippen LogP contribution in [0.3, 0.4) is 0 Å². The topological polar surface area (TPSA) is 44.1 Å². The highest BCUT2D eigenvalue weighted by Gasteiger charge is 2.05. The highest BCUT2D eigenvalue weighted by molar-refractivity contribution is 5.66. The van der Waals surface area contributed by atoms with E-state index in [1.54, 1.807) is 12.4 Å². The summed E-state index contributed by atoms with van der Waals surface area (Å²) >= 11 is 0. The van der Waals surface area contributed by atoms with Crippen LogP contribution in [0, 0.1) is 0 Å². The summed E-state index contributed by atoms with van der Waals surface area (Å²) in [4.78, 5) is 20.3. The van der Waals surface area contributed by atoms with Gasteiger partial charge in [-0.1, -0.05) is 96.8 Å². The predicted molar refractivity (Wildman–Crippen MR) is 108 cm³/mol. The van der Waals surface area contributed by atoms with Gasteiger partial charge in [-0.2, -0.15) is 4.73 Å². The molecule has 26 heavy (non-hydrogen) atoms. The van der Waals surface area contributed by atoms with Crippen LogP contribution in [0.5, 0.6) is 0 Å². The van der Waals surface area contributed by atoms with E-state index < -0.39 is 0 Å². The van der Waals surface area contributed by atoms with Gasteiger partial charge in [-0.15, -0.1) is 0 Å². The van der Waals surface area contributed by atoms with Crippen LogP contribution < -0.4 is 4.84 Å². The standard InChI is InChI=1S/C22H40N2O2/c1-3-4-5-6-7-8-9-10-11-12-13-14-15-16-17-18-22-23-19-20-24(22)26-21(2)25/h19-20H,3-18H2,1-2H3. The molecule has 0 bridgehead atoms. The molecule has 0 amide bonds. The fraction of sp³-hybridized carbons (Fsp3) is 0.818. The predicted octanol–water partition coefficient (Wildman–Crippen LogP) is 6.27. The molecule has 0 aliphatic rings. The number of hydrogen-bond acceptors (Lipinski definition) is 3.